The van der Waals surface area contributed by atoms with Gasteiger partial charge in [-0.1, -0.05) is 84.1 Å². The average molecular weight is 438 g/mol. The van der Waals surface area contributed by atoms with Crippen molar-refractivity contribution in [3.63, 3.8) is 0 Å². The lowest BCUT2D eigenvalue weighted by molar-refractivity contribution is -0.113. The minimum atomic E-state index is -0.153. The number of amides is 1. The van der Waals surface area contributed by atoms with E-state index in [0.717, 1.165) is 11.1 Å². The first-order chi connectivity index (χ1) is 14.1. The van der Waals surface area contributed by atoms with Crippen molar-refractivity contribution in [1.29, 1.82) is 0 Å². The van der Waals surface area contributed by atoms with Crippen molar-refractivity contribution in [2.75, 3.05) is 4.90 Å². The molecule has 0 aliphatic carbocycles. The van der Waals surface area contributed by atoms with Crippen LogP contribution < -0.4 is 9.64 Å². The third-order valence-corrected chi connectivity index (χ3v) is 5.88. The van der Waals surface area contributed by atoms with Crippen LogP contribution in [0.3, 0.4) is 0 Å². The maximum absolute atomic E-state index is 13.0. The molecule has 1 heterocycles. The number of nitrogens with zero attached hydrogens (tertiary/aromatic N) is 1. The summed E-state index contributed by atoms with van der Waals surface area (Å²) >= 11 is 12.7. The van der Waals surface area contributed by atoms with E-state index in [0.29, 0.717) is 32.3 Å². The van der Waals surface area contributed by atoms with Gasteiger partial charge in [-0.05, 0) is 42.0 Å². The van der Waals surface area contributed by atoms with E-state index in [2.05, 4.69) is 0 Å². The van der Waals surface area contributed by atoms with Crippen LogP contribution in [-0.4, -0.2) is 10.2 Å². The smallest absolute Gasteiger partial charge is 0.270 e. The summed E-state index contributed by atoms with van der Waals surface area (Å²) in [4.78, 5) is 15.1. The zero-order valence-corrected chi connectivity index (χ0v) is 17.6. The summed E-state index contributed by atoms with van der Waals surface area (Å²) in [6.45, 7) is 0.456. The second-order valence-corrected chi connectivity index (χ2v) is 8.42. The summed E-state index contributed by atoms with van der Waals surface area (Å²) in [5, 5.41) is 0.610. The molecule has 3 nitrogen and oxygen atoms in total. The summed E-state index contributed by atoms with van der Waals surface area (Å²) in [5.74, 6) is 0.563. The average Bonchev–Trinajstić information content (AvgIpc) is 3.02. The number of para-hydroxylation sites is 1. The first kappa shape index (κ1) is 19.7. The van der Waals surface area contributed by atoms with Gasteiger partial charge in [0.2, 0.25) is 0 Å². The van der Waals surface area contributed by atoms with Crippen molar-refractivity contribution in [3.05, 3.63) is 99.9 Å². The largest absolute Gasteiger partial charge is 0.488 e. The van der Waals surface area contributed by atoms with Gasteiger partial charge < -0.3 is 4.74 Å². The number of thiocarbonyl (C=S) groups is 1. The molecule has 1 fully saturated rings. The molecule has 4 rings (SSSR count). The number of ether oxygens (including phenoxy) is 1. The standard InChI is InChI=1S/C23H16ClNO2S2/c24-18-10-12-19(13-11-18)25-22(26)21(29-23(25)28)14-17-8-4-5-9-20(17)27-15-16-6-2-1-3-7-16/h1-14H,15H2/b21-14-. The van der Waals surface area contributed by atoms with E-state index in [1.807, 2.05) is 60.7 Å². The first-order valence-corrected chi connectivity index (χ1v) is 10.5. The molecule has 3 aromatic carbocycles. The topological polar surface area (TPSA) is 29.5 Å². The molecule has 1 saturated heterocycles. The SMILES string of the molecule is O=C1/C(=C/c2ccccc2OCc2ccccc2)SC(=S)N1c1ccc(Cl)cc1. The molecule has 0 N–H and O–H groups in total. The highest BCUT2D eigenvalue weighted by Gasteiger charge is 2.33. The Morgan fingerprint density at radius 2 is 1.66 bits per heavy atom. The van der Waals surface area contributed by atoms with E-state index in [4.69, 9.17) is 28.6 Å². The van der Waals surface area contributed by atoms with Crippen molar-refractivity contribution in [2.24, 2.45) is 0 Å². The third kappa shape index (κ3) is 4.53. The monoisotopic (exact) mass is 437 g/mol. The Kier molecular flexibility index (Phi) is 6.00. The predicted octanol–water partition coefficient (Wildman–Crippen LogP) is 6.32. The minimum Gasteiger partial charge on any atom is -0.488 e. The lowest BCUT2D eigenvalue weighted by Crippen LogP contribution is -2.27. The molecule has 1 amide bonds. The first-order valence-electron chi connectivity index (χ1n) is 8.91. The fourth-order valence-corrected chi connectivity index (χ4v) is 4.30. The number of anilines is 1. The Bertz CT molecular complexity index is 1080. The van der Waals surface area contributed by atoms with Crippen LogP contribution in [0.15, 0.2) is 83.8 Å². The van der Waals surface area contributed by atoms with E-state index in [-0.39, 0.29) is 5.91 Å². The van der Waals surface area contributed by atoms with Crippen LogP contribution >= 0.6 is 35.6 Å². The normalized spacial score (nSPS) is 15.2. The molecule has 1 aliphatic rings. The molecule has 1 aliphatic heterocycles. The zero-order chi connectivity index (χ0) is 20.2. The number of hydrogen-bond acceptors (Lipinski definition) is 4. The zero-order valence-electron chi connectivity index (χ0n) is 15.2. The summed E-state index contributed by atoms with van der Waals surface area (Å²) in [6.07, 6.45) is 1.83. The van der Waals surface area contributed by atoms with Crippen LogP contribution in [0.4, 0.5) is 5.69 Å². The second-order valence-electron chi connectivity index (χ2n) is 6.31. The number of thioether (sulfide) groups is 1. The summed E-state index contributed by atoms with van der Waals surface area (Å²) in [7, 11) is 0. The van der Waals surface area contributed by atoms with Gasteiger partial charge in [0.15, 0.2) is 4.32 Å². The number of carbonyl (C=O) groups is 1. The van der Waals surface area contributed by atoms with Crippen molar-refractivity contribution >= 4 is 57.6 Å². The number of benzene rings is 3. The summed E-state index contributed by atoms with van der Waals surface area (Å²) < 4.78 is 6.49. The van der Waals surface area contributed by atoms with E-state index in [1.165, 1.54) is 16.7 Å². The van der Waals surface area contributed by atoms with Crippen LogP contribution in [0.2, 0.25) is 5.02 Å². The fraction of sp³-hybridized carbons (Fsp3) is 0.0435. The van der Waals surface area contributed by atoms with E-state index in [9.17, 15) is 4.79 Å². The van der Waals surface area contributed by atoms with E-state index >= 15 is 0 Å². The molecule has 3 aromatic rings. The molecule has 0 aromatic heterocycles. The molecule has 0 saturated carbocycles. The lowest BCUT2D eigenvalue weighted by atomic mass is 10.1. The van der Waals surface area contributed by atoms with Crippen molar-refractivity contribution in [2.45, 2.75) is 6.61 Å². The maximum Gasteiger partial charge on any atom is 0.270 e. The van der Waals surface area contributed by atoms with E-state index < -0.39 is 0 Å². The summed E-state index contributed by atoms with van der Waals surface area (Å²) in [5.41, 5.74) is 2.62. The van der Waals surface area contributed by atoms with Gasteiger partial charge in [0.25, 0.3) is 5.91 Å². The van der Waals surface area contributed by atoms with Crippen LogP contribution in [0.5, 0.6) is 5.75 Å². The van der Waals surface area contributed by atoms with Crippen LogP contribution in [0.1, 0.15) is 11.1 Å². The number of halogens is 1. The Hall–Kier alpha value is -2.60. The number of rotatable bonds is 5. The molecule has 6 heteroatoms. The van der Waals surface area contributed by atoms with E-state index in [1.54, 1.807) is 24.3 Å². The van der Waals surface area contributed by atoms with Gasteiger partial charge in [0.05, 0.1) is 10.6 Å². The van der Waals surface area contributed by atoms with Gasteiger partial charge in [-0.15, -0.1) is 0 Å². The second kappa shape index (κ2) is 8.82. The highest BCUT2D eigenvalue weighted by atomic mass is 35.5. The van der Waals surface area contributed by atoms with Crippen LogP contribution in [0.25, 0.3) is 6.08 Å². The highest BCUT2D eigenvalue weighted by molar-refractivity contribution is 8.27. The molecule has 144 valence electrons. The molecule has 0 spiro atoms. The van der Waals surface area contributed by atoms with Crippen molar-refractivity contribution in [1.82, 2.24) is 0 Å². The molecule has 0 bridgehead atoms. The Morgan fingerprint density at radius 3 is 2.41 bits per heavy atom. The third-order valence-electron chi connectivity index (χ3n) is 4.32. The van der Waals surface area contributed by atoms with Gasteiger partial charge in [-0.3, -0.25) is 9.69 Å². The van der Waals surface area contributed by atoms with Gasteiger partial charge in [0.1, 0.15) is 12.4 Å². The Labute approximate surface area is 183 Å². The lowest BCUT2D eigenvalue weighted by Gasteiger charge is -2.14. The number of hydrogen-bond donors (Lipinski definition) is 0. The molecule has 29 heavy (non-hydrogen) atoms. The van der Waals surface area contributed by atoms with Gasteiger partial charge in [-0.25, -0.2) is 0 Å². The van der Waals surface area contributed by atoms with Crippen molar-refractivity contribution in [3.8, 4) is 5.75 Å². The number of carbonyl (C=O) groups excluding carboxylic acids is 1. The van der Waals surface area contributed by atoms with Gasteiger partial charge in [0, 0.05) is 10.6 Å². The minimum absolute atomic E-state index is 0.153. The molecular formula is C23H16ClNO2S2. The van der Waals surface area contributed by atoms with Crippen molar-refractivity contribution < 1.29 is 9.53 Å². The molecule has 0 unspecified atom stereocenters. The molecule has 0 radical (unpaired) electrons. The van der Waals surface area contributed by atoms with Gasteiger partial charge in [-0.2, -0.15) is 0 Å². The van der Waals surface area contributed by atoms with Gasteiger partial charge >= 0.3 is 0 Å². The Morgan fingerprint density at radius 1 is 0.966 bits per heavy atom. The Balaban J connectivity index is 1.57. The van der Waals surface area contributed by atoms with Crippen LogP contribution in [0, 0.1) is 0 Å². The molecule has 0 atom stereocenters. The summed E-state index contributed by atoms with van der Waals surface area (Å²) in [6, 6.07) is 24.7. The van der Waals surface area contributed by atoms with Crippen LogP contribution in [-0.2, 0) is 11.4 Å². The maximum atomic E-state index is 13.0. The molecular weight excluding hydrogens is 422 g/mol. The quantitative estimate of drug-likeness (QED) is 0.345. The highest BCUT2D eigenvalue weighted by Crippen LogP contribution is 2.37. The predicted molar refractivity (Wildman–Crippen MR) is 124 cm³/mol. The fourth-order valence-electron chi connectivity index (χ4n) is 2.89.